The molecule has 0 spiro atoms. The van der Waals surface area contributed by atoms with Crippen LogP contribution in [0.3, 0.4) is 0 Å². The van der Waals surface area contributed by atoms with Crippen molar-refractivity contribution in [1.82, 2.24) is 15.0 Å². The van der Waals surface area contributed by atoms with Crippen molar-refractivity contribution < 1.29 is 14.3 Å². The fourth-order valence-corrected chi connectivity index (χ4v) is 1.24. The standard InChI is InChI=1S/C12H21N5O3/c1-5-6-13-10-15-11(14-7-9(18)19-4)17-12(16-10)20-8(2)3/h8H,5-7H2,1-4H3,(H2,13,14,15,16,17). The molecule has 0 saturated carbocycles. The van der Waals surface area contributed by atoms with Gasteiger partial charge in [0.25, 0.3) is 0 Å². The molecule has 0 aliphatic heterocycles. The smallest absolute Gasteiger partial charge is 0.325 e. The van der Waals surface area contributed by atoms with Crippen LogP contribution in [0, 0.1) is 0 Å². The van der Waals surface area contributed by atoms with Gasteiger partial charge in [0, 0.05) is 6.54 Å². The molecular formula is C12H21N5O3. The molecule has 0 aromatic carbocycles. The summed E-state index contributed by atoms with van der Waals surface area (Å²) < 4.78 is 9.99. The summed E-state index contributed by atoms with van der Waals surface area (Å²) in [6, 6.07) is 0.209. The number of esters is 1. The maximum atomic E-state index is 11.1. The minimum Gasteiger partial charge on any atom is -0.468 e. The highest BCUT2D eigenvalue weighted by Gasteiger charge is 2.10. The maximum absolute atomic E-state index is 11.1. The number of rotatable bonds is 8. The van der Waals surface area contributed by atoms with Gasteiger partial charge in [-0.25, -0.2) is 0 Å². The third-order valence-electron chi connectivity index (χ3n) is 2.11. The molecule has 0 radical (unpaired) electrons. The van der Waals surface area contributed by atoms with Crippen molar-refractivity contribution in [2.45, 2.75) is 33.3 Å². The van der Waals surface area contributed by atoms with Gasteiger partial charge < -0.3 is 20.1 Å². The summed E-state index contributed by atoms with van der Waals surface area (Å²) in [6.07, 6.45) is 0.890. The van der Waals surface area contributed by atoms with Gasteiger partial charge in [-0.15, -0.1) is 0 Å². The summed E-state index contributed by atoms with van der Waals surface area (Å²) in [5.74, 6) is 0.268. The molecule has 1 rings (SSSR count). The summed E-state index contributed by atoms with van der Waals surface area (Å²) in [7, 11) is 1.32. The van der Waals surface area contributed by atoms with Crippen LogP contribution in [0.1, 0.15) is 27.2 Å². The number of nitrogens with zero attached hydrogens (tertiary/aromatic N) is 3. The maximum Gasteiger partial charge on any atom is 0.325 e. The van der Waals surface area contributed by atoms with Crippen LogP contribution in [0.4, 0.5) is 11.9 Å². The fourth-order valence-electron chi connectivity index (χ4n) is 1.24. The first-order valence-corrected chi connectivity index (χ1v) is 6.52. The van der Waals surface area contributed by atoms with Gasteiger partial charge in [-0.2, -0.15) is 15.0 Å². The van der Waals surface area contributed by atoms with Gasteiger partial charge in [0.05, 0.1) is 13.2 Å². The number of nitrogens with one attached hydrogen (secondary N) is 2. The van der Waals surface area contributed by atoms with Crippen molar-refractivity contribution in [2.75, 3.05) is 30.8 Å². The highest BCUT2D eigenvalue weighted by Crippen LogP contribution is 2.12. The molecule has 1 aromatic rings. The lowest BCUT2D eigenvalue weighted by molar-refractivity contribution is -0.138. The largest absolute Gasteiger partial charge is 0.468 e. The van der Waals surface area contributed by atoms with Gasteiger partial charge >= 0.3 is 12.0 Å². The predicted octanol–water partition coefficient (Wildman–Crippen LogP) is 1.07. The quantitative estimate of drug-likeness (QED) is 0.683. The summed E-state index contributed by atoms with van der Waals surface area (Å²) in [4.78, 5) is 23.5. The first-order chi connectivity index (χ1) is 9.55. The molecule has 8 nitrogen and oxygen atoms in total. The molecule has 0 fully saturated rings. The zero-order chi connectivity index (χ0) is 15.0. The van der Waals surface area contributed by atoms with Crippen LogP contribution in [-0.2, 0) is 9.53 Å². The van der Waals surface area contributed by atoms with Crippen LogP contribution in [0.25, 0.3) is 0 Å². The second-order valence-corrected chi connectivity index (χ2v) is 4.29. The van der Waals surface area contributed by atoms with E-state index < -0.39 is 5.97 Å². The molecule has 1 heterocycles. The molecule has 8 heteroatoms. The van der Waals surface area contributed by atoms with E-state index in [1.54, 1.807) is 0 Å². The zero-order valence-electron chi connectivity index (χ0n) is 12.3. The normalized spacial score (nSPS) is 10.2. The number of hydrogen-bond acceptors (Lipinski definition) is 8. The van der Waals surface area contributed by atoms with Gasteiger partial charge in [0.15, 0.2) is 0 Å². The average molecular weight is 283 g/mol. The van der Waals surface area contributed by atoms with Gasteiger partial charge in [-0.05, 0) is 20.3 Å². The number of methoxy groups -OCH3 is 1. The van der Waals surface area contributed by atoms with Crippen molar-refractivity contribution in [3.8, 4) is 6.01 Å². The van der Waals surface area contributed by atoms with Crippen molar-refractivity contribution in [1.29, 1.82) is 0 Å². The second kappa shape index (κ2) is 8.13. The third kappa shape index (κ3) is 5.68. The molecule has 0 aliphatic carbocycles. The van der Waals surface area contributed by atoms with Gasteiger partial charge in [-0.1, -0.05) is 6.92 Å². The Bertz CT molecular complexity index is 439. The average Bonchev–Trinajstić information content (AvgIpc) is 2.41. The summed E-state index contributed by atoms with van der Waals surface area (Å²) in [5, 5.41) is 5.82. The molecular weight excluding hydrogens is 262 g/mol. The Kier molecular flexibility index (Phi) is 6.48. The van der Waals surface area contributed by atoms with Gasteiger partial charge in [-0.3, -0.25) is 4.79 Å². The Morgan fingerprint density at radius 2 is 1.85 bits per heavy atom. The van der Waals surface area contributed by atoms with E-state index in [0.717, 1.165) is 13.0 Å². The van der Waals surface area contributed by atoms with Crippen LogP contribution in [0.2, 0.25) is 0 Å². The Morgan fingerprint density at radius 3 is 2.40 bits per heavy atom. The van der Waals surface area contributed by atoms with Gasteiger partial charge in [0.1, 0.15) is 6.54 Å². The molecule has 2 N–H and O–H groups in total. The molecule has 0 amide bonds. The Labute approximate surface area is 118 Å². The lowest BCUT2D eigenvalue weighted by Crippen LogP contribution is -2.18. The molecule has 0 unspecified atom stereocenters. The molecule has 0 bridgehead atoms. The van der Waals surface area contributed by atoms with Crippen LogP contribution >= 0.6 is 0 Å². The predicted molar refractivity (Wildman–Crippen MR) is 74.9 cm³/mol. The summed E-state index contributed by atoms with van der Waals surface area (Å²) in [5.41, 5.74) is 0. The van der Waals surface area contributed by atoms with Crippen LogP contribution in [0.15, 0.2) is 0 Å². The molecule has 112 valence electrons. The highest BCUT2D eigenvalue weighted by atomic mass is 16.5. The molecule has 0 atom stereocenters. The number of aromatic nitrogens is 3. The third-order valence-corrected chi connectivity index (χ3v) is 2.11. The fraction of sp³-hybridized carbons (Fsp3) is 0.667. The van der Waals surface area contributed by atoms with E-state index in [0.29, 0.717) is 5.95 Å². The lowest BCUT2D eigenvalue weighted by atomic mass is 10.5. The van der Waals surface area contributed by atoms with E-state index in [9.17, 15) is 4.79 Å². The number of carbonyl (C=O) groups excluding carboxylic acids is 1. The Balaban J connectivity index is 2.82. The monoisotopic (exact) mass is 283 g/mol. The number of carbonyl (C=O) groups is 1. The molecule has 20 heavy (non-hydrogen) atoms. The topological polar surface area (TPSA) is 98.3 Å². The number of anilines is 2. The van der Waals surface area contributed by atoms with Crippen LogP contribution in [0.5, 0.6) is 6.01 Å². The Morgan fingerprint density at radius 1 is 1.20 bits per heavy atom. The first-order valence-electron chi connectivity index (χ1n) is 6.52. The molecule has 1 aromatic heterocycles. The molecule has 0 saturated heterocycles. The van der Waals surface area contributed by atoms with E-state index in [1.807, 2.05) is 20.8 Å². The van der Waals surface area contributed by atoms with Crippen molar-refractivity contribution >= 4 is 17.9 Å². The highest BCUT2D eigenvalue weighted by molar-refractivity contribution is 5.74. The molecule has 0 aliphatic rings. The lowest BCUT2D eigenvalue weighted by Gasteiger charge is -2.11. The van der Waals surface area contributed by atoms with Crippen molar-refractivity contribution in [2.24, 2.45) is 0 Å². The van der Waals surface area contributed by atoms with Crippen LogP contribution in [-0.4, -0.2) is 47.2 Å². The summed E-state index contributed by atoms with van der Waals surface area (Å²) in [6.45, 7) is 6.52. The van der Waals surface area contributed by atoms with E-state index in [2.05, 4.69) is 30.3 Å². The minimum atomic E-state index is -0.403. The second-order valence-electron chi connectivity index (χ2n) is 4.29. The van der Waals surface area contributed by atoms with E-state index in [1.165, 1.54) is 7.11 Å². The van der Waals surface area contributed by atoms with Crippen LogP contribution < -0.4 is 15.4 Å². The van der Waals surface area contributed by atoms with Crippen molar-refractivity contribution in [3.63, 3.8) is 0 Å². The van der Waals surface area contributed by atoms with E-state index in [-0.39, 0.29) is 24.6 Å². The van der Waals surface area contributed by atoms with Gasteiger partial charge in [0.2, 0.25) is 11.9 Å². The zero-order valence-corrected chi connectivity index (χ0v) is 12.3. The number of hydrogen-bond donors (Lipinski definition) is 2. The van der Waals surface area contributed by atoms with E-state index in [4.69, 9.17) is 4.74 Å². The number of ether oxygens (including phenoxy) is 2. The minimum absolute atomic E-state index is 0.0190. The summed E-state index contributed by atoms with van der Waals surface area (Å²) >= 11 is 0. The van der Waals surface area contributed by atoms with Crippen molar-refractivity contribution in [3.05, 3.63) is 0 Å². The van der Waals surface area contributed by atoms with E-state index >= 15 is 0 Å². The SMILES string of the molecule is CCCNc1nc(NCC(=O)OC)nc(OC(C)C)n1. The Hall–Kier alpha value is -2.12. The first kappa shape index (κ1) is 15.9.